The van der Waals surface area contributed by atoms with Crippen LogP contribution in [-0.4, -0.2) is 16.9 Å². The number of phenols is 1. The lowest BCUT2D eigenvalue weighted by atomic mass is 10.2. The maximum absolute atomic E-state index is 11.8. The van der Waals surface area contributed by atoms with Gasteiger partial charge in [-0.25, -0.2) is 0 Å². The first-order valence-corrected chi connectivity index (χ1v) is 5.71. The molecule has 2 aromatic rings. The van der Waals surface area contributed by atoms with Crippen LogP contribution >= 0.6 is 0 Å². The molecule has 4 N–H and O–H groups in total. The highest BCUT2D eigenvalue weighted by molar-refractivity contribution is 6.03. The average Bonchev–Trinajstić information content (AvgIpc) is 2.94. The van der Waals surface area contributed by atoms with E-state index >= 15 is 0 Å². The number of hydrogen-bond acceptors (Lipinski definition) is 4. The van der Waals surface area contributed by atoms with Crippen molar-refractivity contribution in [3.8, 4) is 5.75 Å². The third kappa shape index (κ3) is 3.26. The van der Waals surface area contributed by atoms with Crippen molar-refractivity contribution in [3.05, 3.63) is 59.7 Å². The van der Waals surface area contributed by atoms with E-state index in [1.165, 1.54) is 30.5 Å². The van der Waals surface area contributed by atoms with Crippen molar-refractivity contribution >= 4 is 17.9 Å². The number of nitrogens with one attached hydrogen (secondary N) is 1. The van der Waals surface area contributed by atoms with E-state index < -0.39 is 11.8 Å². The fraction of sp³-hybridized carbons (Fsp3) is 0. The molecule has 2 amide bonds. The number of primary amides is 1. The Kier molecular flexibility index (Phi) is 3.85. The molecule has 1 heterocycles. The van der Waals surface area contributed by atoms with Crippen molar-refractivity contribution in [1.82, 2.24) is 5.32 Å². The molecule has 0 aliphatic rings. The molecule has 0 bridgehead atoms. The van der Waals surface area contributed by atoms with Gasteiger partial charge in [0.25, 0.3) is 11.8 Å². The second-order valence-electron chi connectivity index (χ2n) is 3.95. The molecule has 0 saturated carbocycles. The van der Waals surface area contributed by atoms with E-state index in [4.69, 9.17) is 10.2 Å². The SMILES string of the molecule is NC(=O)C(=Cc1ccc(O)cc1)NC(=O)c1ccco1. The first-order valence-electron chi connectivity index (χ1n) is 5.71. The highest BCUT2D eigenvalue weighted by Gasteiger charge is 2.13. The summed E-state index contributed by atoms with van der Waals surface area (Å²) in [6.45, 7) is 0. The van der Waals surface area contributed by atoms with Crippen LogP contribution < -0.4 is 11.1 Å². The van der Waals surface area contributed by atoms with Crippen LogP contribution in [0.3, 0.4) is 0 Å². The molecule has 1 aromatic heterocycles. The van der Waals surface area contributed by atoms with Crippen LogP contribution in [0.25, 0.3) is 6.08 Å². The van der Waals surface area contributed by atoms with Crippen molar-refractivity contribution in [2.24, 2.45) is 5.73 Å². The molecule has 0 spiro atoms. The van der Waals surface area contributed by atoms with Crippen molar-refractivity contribution in [2.45, 2.75) is 0 Å². The Morgan fingerprint density at radius 3 is 2.45 bits per heavy atom. The van der Waals surface area contributed by atoms with Crippen LogP contribution in [0.15, 0.2) is 52.8 Å². The molecular formula is C14H12N2O4. The minimum absolute atomic E-state index is 0.0721. The lowest BCUT2D eigenvalue weighted by Crippen LogP contribution is -2.30. The Hall–Kier alpha value is -3.02. The smallest absolute Gasteiger partial charge is 0.291 e. The molecule has 0 saturated heterocycles. The summed E-state index contributed by atoms with van der Waals surface area (Å²) in [6.07, 6.45) is 2.76. The molecule has 0 unspecified atom stereocenters. The summed E-state index contributed by atoms with van der Waals surface area (Å²) in [5.41, 5.74) is 5.75. The van der Waals surface area contributed by atoms with Gasteiger partial charge in [0.2, 0.25) is 0 Å². The van der Waals surface area contributed by atoms with Gasteiger partial charge in [0, 0.05) is 0 Å². The van der Waals surface area contributed by atoms with Crippen molar-refractivity contribution in [1.29, 1.82) is 0 Å². The monoisotopic (exact) mass is 272 g/mol. The molecule has 6 nitrogen and oxygen atoms in total. The third-order valence-corrected chi connectivity index (χ3v) is 2.46. The molecule has 0 atom stereocenters. The Morgan fingerprint density at radius 2 is 1.90 bits per heavy atom. The number of rotatable bonds is 4. The highest BCUT2D eigenvalue weighted by Crippen LogP contribution is 2.12. The molecule has 6 heteroatoms. The van der Waals surface area contributed by atoms with E-state index in [1.807, 2.05) is 0 Å². The van der Waals surface area contributed by atoms with Gasteiger partial charge in [0.15, 0.2) is 5.76 Å². The lowest BCUT2D eigenvalue weighted by molar-refractivity contribution is -0.114. The maximum Gasteiger partial charge on any atom is 0.291 e. The summed E-state index contributed by atoms with van der Waals surface area (Å²) in [4.78, 5) is 23.1. The van der Waals surface area contributed by atoms with Gasteiger partial charge in [0.05, 0.1) is 6.26 Å². The Bertz CT molecular complexity index is 642. The molecule has 1 aromatic carbocycles. The number of nitrogens with two attached hydrogens (primary N) is 1. The van der Waals surface area contributed by atoms with Crippen LogP contribution in [0.5, 0.6) is 5.75 Å². The number of carbonyl (C=O) groups is 2. The van der Waals surface area contributed by atoms with Crippen molar-refractivity contribution in [3.63, 3.8) is 0 Å². The standard InChI is InChI=1S/C14H12N2O4/c15-13(18)11(8-9-3-5-10(17)6-4-9)16-14(19)12-2-1-7-20-12/h1-8,17H,(H2,15,18)(H,16,19). The van der Waals surface area contributed by atoms with Gasteiger partial charge in [-0.1, -0.05) is 12.1 Å². The van der Waals surface area contributed by atoms with Crippen LogP contribution in [-0.2, 0) is 4.79 Å². The third-order valence-electron chi connectivity index (χ3n) is 2.46. The summed E-state index contributed by atoms with van der Waals surface area (Å²) in [6, 6.07) is 9.10. The van der Waals surface area contributed by atoms with Crippen LogP contribution in [0.4, 0.5) is 0 Å². The Balaban J connectivity index is 2.21. The summed E-state index contributed by atoms with van der Waals surface area (Å²) in [5.74, 6) is -1.18. The van der Waals surface area contributed by atoms with E-state index in [-0.39, 0.29) is 17.2 Å². The van der Waals surface area contributed by atoms with E-state index in [0.29, 0.717) is 5.56 Å². The first-order chi connectivity index (χ1) is 9.56. The predicted molar refractivity (Wildman–Crippen MR) is 71.5 cm³/mol. The minimum Gasteiger partial charge on any atom is -0.508 e. The zero-order valence-electron chi connectivity index (χ0n) is 10.4. The normalized spacial score (nSPS) is 11.1. The lowest BCUT2D eigenvalue weighted by Gasteiger charge is -2.05. The van der Waals surface area contributed by atoms with Gasteiger partial charge < -0.3 is 20.6 Å². The van der Waals surface area contributed by atoms with Crippen molar-refractivity contribution in [2.75, 3.05) is 0 Å². The van der Waals surface area contributed by atoms with Crippen LogP contribution in [0.1, 0.15) is 16.1 Å². The molecule has 102 valence electrons. The molecule has 2 rings (SSSR count). The van der Waals surface area contributed by atoms with Gasteiger partial charge in [-0.15, -0.1) is 0 Å². The summed E-state index contributed by atoms with van der Waals surface area (Å²) >= 11 is 0. The minimum atomic E-state index is -0.780. The highest BCUT2D eigenvalue weighted by atomic mass is 16.3. The van der Waals surface area contributed by atoms with E-state index in [9.17, 15) is 14.7 Å². The molecular weight excluding hydrogens is 260 g/mol. The summed E-state index contributed by atoms with van der Waals surface area (Å²) < 4.78 is 4.92. The second kappa shape index (κ2) is 5.75. The van der Waals surface area contributed by atoms with Crippen LogP contribution in [0, 0.1) is 0 Å². The fourth-order valence-electron chi connectivity index (χ4n) is 1.50. The van der Waals surface area contributed by atoms with Gasteiger partial charge in [0.1, 0.15) is 11.4 Å². The van der Waals surface area contributed by atoms with Crippen LogP contribution in [0.2, 0.25) is 0 Å². The van der Waals surface area contributed by atoms with E-state index in [2.05, 4.69) is 5.32 Å². The maximum atomic E-state index is 11.8. The van der Waals surface area contributed by atoms with E-state index in [0.717, 1.165) is 0 Å². The molecule has 0 aliphatic heterocycles. The second-order valence-corrected chi connectivity index (χ2v) is 3.95. The zero-order chi connectivity index (χ0) is 14.5. The molecule has 0 radical (unpaired) electrons. The summed E-state index contributed by atoms with van der Waals surface area (Å²) in [7, 11) is 0. The predicted octanol–water partition coefficient (Wildman–Crippen LogP) is 1.24. The number of hydrogen-bond donors (Lipinski definition) is 3. The average molecular weight is 272 g/mol. The van der Waals surface area contributed by atoms with E-state index in [1.54, 1.807) is 18.2 Å². The van der Waals surface area contributed by atoms with Gasteiger partial charge in [-0.05, 0) is 35.9 Å². The number of aromatic hydroxyl groups is 1. The zero-order valence-corrected chi connectivity index (χ0v) is 10.4. The number of furan rings is 1. The number of phenolic OH excluding ortho intramolecular Hbond substituents is 1. The number of amides is 2. The quantitative estimate of drug-likeness (QED) is 0.728. The number of benzene rings is 1. The van der Waals surface area contributed by atoms with Gasteiger partial charge in [-0.3, -0.25) is 9.59 Å². The first kappa shape index (κ1) is 13.4. The number of carbonyl (C=O) groups excluding carboxylic acids is 2. The van der Waals surface area contributed by atoms with Crippen molar-refractivity contribution < 1.29 is 19.1 Å². The van der Waals surface area contributed by atoms with Gasteiger partial charge >= 0.3 is 0 Å². The summed E-state index contributed by atoms with van der Waals surface area (Å²) in [5, 5.41) is 11.5. The fourth-order valence-corrected chi connectivity index (χ4v) is 1.50. The topological polar surface area (TPSA) is 106 Å². The molecule has 0 aliphatic carbocycles. The Morgan fingerprint density at radius 1 is 1.20 bits per heavy atom. The molecule has 0 fully saturated rings. The molecule has 20 heavy (non-hydrogen) atoms. The van der Waals surface area contributed by atoms with Gasteiger partial charge in [-0.2, -0.15) is 0 Å². The Labute approximate surface area is 114 Å². The largest absolute Gasteiger partial charge is 0.508 e.